The van der Waals surface area contributed by atoms with Crippen LogP contribution in [0.2, 0.25) is 0 Å². The lowest BCUT2D eigenvalue weighted by Gasteiger charge is -2.18. The molecule has 0 radical (unpaired) electrons. The van der Waals surface area contributed by atoms with Crippen LogP contribution in [0.25, 0.3) is 0 Å². The summed E-state index contributed by atoms with van der Waals surface area (Å²) >= 11 is 0.857. The van der Waals surface area contributed by atoms with Gasteiger partial charge in [-0.2, -0.15) is 0 Å². The van der Waals surface area contributed by atoms with Gasteiger partial charge >= 0.3 is 11.3 Å². The minimum absolute atomic E-state index is 0.124. The van der Waals surface area contributed by atoms with Gasteiger partial charge in [-0.1, -0.05) is 33.8 Å². The third kappa shape index (κ3) is 4.49. The van der Waals surface area contributed by atoms with E-state index in [1.165, 1.54) is 0 Å². The Morgan fingerprint density at radius 1 is 1.19 bits per heavy atom. The second kappa shape index (κ2) is 7.50. The summed E-state index contributed by atoms with van der Waals surface area (Å²) in [5.41, 5.74) is 2.00. The Labute approximate surface area is 129 Å². The van der Waals surface area contributed by atoms with E-state index in [1.807, 2.05) is 33.8 Å². The topological polar surface area (TPSA) is 63.6 Å². The number of thioether (sulfide) groups is 1. The fourth-order valence-electron chi connectivity index (χ4n) is 1.94. The van der Waals surface area contributed by atoms with Crippen LogP contribution < -0.4 is 0 Å². The molecule has 0 unspecified atom stereocenters. The van der Waals surface area contributed by atoms with Crippen LogP contribution in [0.1, 0.15) is 67.9 Å². The predicted molar refractivity (Wildman–Crippen MR) is 84.5 cm³/mol. The molecule has 0 saturated carbocycles. The number of hydrogen-bond donors (Lipinski definition) is 1. The lowest BCUT2D eigenvalue weighted by Crippen LogP contribution is -2.08. The van der Waals surface area contributed by atoms with Crippen LogP contribution in [-0.2, 0) is 4.74 Å². The zero-order chi connectivity index (χ0) is 16.2. The number of benzene rings is 1. The Bertz CT molecular complexity index is 535. The van der Waals surface area contributed by atoms with Gasteiger partial charge in [0.05, 0.1) is 12.2 Å². The van der Waals surface area contributed by atoms with Crippen molar-refractivity contribution in [2.45, 2.75) is 51.3 Å². The zero-order valence-corrected chi connectivity index (χ0v) is 13.9. The second-order valence-corrected chi connectivity index (χ2v) is 6.33. The first-order valence-electron chi connectivity index (χ1n) is 7.03. The lowest BCUT2D eigenvalue weighted by molar-refractivity contribution is 0.0692. The number of carbonyl (C=O) groups excluding carboxylic acids is 1. The Kier molecular flexibility index (Phi) is 6.27. The molecule has 0 atom stereocenters. The van der Waals surface area contributed by atoms with Crippen molar-refractivity contribution in [1.82, 2.24) is 0 Å². The molecule has 116 valence electrons. The molecule has 1 N–H and O–H groups in total. The zero-order valence-electron chi connectivity index (χ0n) is 13.1. The van der Waals surface area contributed by atoms with Gasteiger partial charge in [-0.3, -0.25) is 0 Å². The molecule has 0 bridgehead atoms. The highest BCUT2D eigenvalue weighted by Crippen LogP contribution is 2.35. The Morgan fingerprint density at radius 2 is 1.81 bits per heavy atom. The maximum atomic E-state index is 11.7. The summed E-state index contributed by atoms with van der Waals surface area (Å²) in [7, 11) is 0. The van der Waals surface area contributed by atoms with Gasteiger partial charge in [-0.25, -0.2) is 9.59 Å². The summed E-state index contributed by atoms with van der Waals surface area (Å²) in [5.74, 6) is -0.674. The molecule has 0 aliphatic heterocycles. The van der Waals surface area contributed by atoms with Gasteiger partial charge in [-0.05, 0) is 47.7 Å². The molecule has 4 nitrogen and oxygen atoms in total. The van der Waals surface area contributed by atoms with Crippen LogP contribution in [0.15, 0.2) is 17.0 Å². The standard InChI is InChI=1S/C16H22O4S/c1-6-20-16(19)21-14-12(10(4)5)7-11(9(2)3)8-13(14)15(17)18/h7-10H,6H2,1-5H3,(H,17,18). The summed E-state index contributed by atoms with van der Waals surface area (Å²) in [6, 6.07) is 3.64. The number of carbonyl (C=O) groups is 2. The van der Waals surface area contributed by atoms with Crippen molar-refractivity contribution in [3.63, 3.8) is 0 Å². The lowest BCUT2D eigenvalue weighted by atomic mass is 9.93. The van der Waals surface area contributed by atoms with E-state index in [1.54, 1.807) is 13.0 Å². The molecule has 1 aromatic rings. The van der Waals surface area contributed by atoms with E-state index in [0.29, 0.717) is 4.90 Å². The fraction of sp³-hybridized carbons (Fsp3) is 0.500. The Balaban J connectivity index is 3.42. The van der Waals surface area contributed by atoms with Crippen molar-refractivity contribution in [2.75, 3.05) is 6.61 Å². The first kappa shape index (κ1) is 17.6. The molecule has 0 heterocycles. The maximum Gasteiger partial charge on any atom is 0.372 e. The normalized spacial score (nSPS) is 11.0. The van der Waals surface area contributed by atoms with Crippen molar-refractivity contribution in [3.8, 4) is 0 Å². The van der Waals surface area contributed by atoms with Crippen LogP contribution in [0.5, 0.6) is 0 Å². The molecule has 1 rings (SSSR count). The number of rotatable bonds is 5. The summed E-state index contributed by atoms with van der Waals surface area (Å²) in [6.07, 6.45) is 0. The third-order valence-electron chi connectivity index (χ3n) is 3.11. The van der Waals surface area contributed by atoms with E-state index in [4.69, 9.17) is 4.74 Å². The second-order valence-electron chi connectivity index (χ2n) is 5.39. The maximum absolute atomic E-state index is 11.7. The highest BCUT2D eigenvalue weighted by molar-refractivity contribution is 8.13. The van der Waals surface area contributed by atoms with E-state index >= 15 is 0 Å². The minimum atomic E-state index is -1.02. The van der Waals surface area contributed by atoms with Crippen LogP contribution in [0.3, 0.4) is 0 Å². The van der Waals surface area contributed by atoms with Crippen LogP contribution in [0, 0.1) is 0 Å². The van der Waals surface area contributed by atoms with E-state index in [9.17, 15) is 14.7 Å². The highest BCUT2D eigenvalue weighted by atomic mass is 32.2. The van der Waals surface area contributed by atoms with Gasteiger partial charge in [-0.15, -0.1) is 0 Å². The van der Waals surface area contributed by atoms with E-state index < -0.39 is 11.3 Å². The molecule has 0 aliphatic carbocycles. The van der Waals surface area contributed by atoms with Crippen LogP contribution >= 0.6 is 11.8 Å². The number of carboxylic acids is 1. The molecule has 0 saturated heterocycles. The summed E-state index contributed by atoms with van der Waals surface area (Å²) in [4.78, 5) is 23.8. The summed E-state index contributed by atoms with van der Waals surface area (Å²) in [5, 5.41) is 8.98. The molecule has 21 heavy (non-hydrogen) atoms. The van der Waals surface area contributed by atoms with Crippen LogP contribution in [0.4, 0.5) is 4.79 Å². The van der Waals surface area contributed by atoms with Gasteiger partial charge in [0, 0.05) is 4.90 Å². The molecular formula is C16H22O4S. The molecular weight excluding hydrogens is 288 g/mol. The van der Waals surface area contributed by atoms with E-state index in [2.05, 4.69) is 0 Å². The molecule has 0 fully saturated rings. The Morgan fingerprint density at radius 3 is 2.24 bits per heavy atom. The number of aromatic carboxylic acids is 1. The molecule has 1 aromatic carbocycles. The van der Waals surface area contributed by atoms with Crippen molar-refractivity contribution in [2.24, 2.45) is 0 Å². The van der Waals surface area contributed by atoms with Crippen LogP contribution in [-0.4, -0.2) is 23.0 Å². The monoisotopic (exact) mass is 310 g/mol. The van der Waals surface area contributed by atoms with Crippen molar-refractivity contribution in [1.29, 1.82) is 0 Å². The largest absolute Gasteiger partial charge is 0.478 e. The third-order valence-corrected chi connectivity index (χ3v) is 4.05. The molecule has 0 aliphatic rings. The summed E-state index contributed by atoms with van der Waals surface area (Å²) in [6.45, 7) is 10.0. The quantitative estimate of drug-likeness (QED) is 0.620. The van der Waals surface area contributed by atoms with Gasteiger partial charge in [0.25, 0.3) is 0 Å². The Hall–Kier alpha value is -1.49. The van der Waals surface area contributed by atoms with Gasteiger partial charge in [0.2, 0.25) is 0 Å². The van der Waals surface area contributed by atoms with Gasteiger partial charge < -0.3 is 9.84 Å². The fourth-order valence-corrected chi connectivity index (χ4v) is 2.95. The predicted octanol–water partition coefficient (Wildman–Crippen LogP) is 4.88. The van der Waals surface area contributed by atoms with Gasteiger partial charge in [0.15, 0.2) is 0 Å². The first-order chi connectivity index (χ1) is 9.77. The number of hydrogen-bond acceptors (Lipinski definition) is 4. The molecule has 0 spiro atoms. The van der Waals surface area contributed by atoms with E-state index in [0.717, 1.165) is 22.9 Å². The van der Waals surface area contributed by atoms with Gasteiger partial charge in [0.1, 0.15) is 0 Å². The van der Waals surface area contributed by atoms with Crippen molar-refractivity contribution in [3.05, 3.63) is 28.8 Å². The smallest absolute Gasteiger partial charge is 0.372 e. The SMILES string of the molecule is CCOC(=O)Sc1c(C(=O)O)cc(C(C)C)cc1C(C)C. The van der Waals surface area contributed by atoms with Crippen molar-refractivity contribution >= 4 is 23.0 Å². The molecule has 5 heteroatoms. The highest BCUT2D eigenvalue weighted by Gasteiger charge is 2.22. The first-order valence-corrected chi connectivity index (χ1v) is 7.85. The molecule has 0 amide bonds. The summed E-state index contributed by atoms with van der Waals surface area (Å²) < 4.78 is 4.92. The van der Waals surface area contributed by atoms with Crippen molar-refractivity contribution < 1.29 is 19.4 Å². The number of carboxylic acid groups (broad SMARTS) is 1. The molecule has 0 aromatic heterocycles. The minimum Gasteiger partial charge on any atom is -0.478 e. The number of ether oxygens (including phenoxy) is 1. The van der Waals surface area contributed by atoms with E-state index in [-0.39, 0.29) is 24.0 Å². The average molecular weight is 310 g/mol. The average Bonchev–Trinajstić information content (AvgIpc) is 2.37.